The molecule has 0 atom stereocenters. The number of fused-ring (bicyclic) bond motifs is 1. The van der Waals surface area contributed by atoms with Crippen LogP contribution in [-0.4, -0.2) is 34.4 Å². The van der Waals surface area contributed by atoms with Gasteiger partial charge in [-0.3, -0.25) is 4.40 Å². The Hall–Kier alpha value is -3.82. The molecule has 3 rings (SSSR count). The predicted octanol–water partition coefficient (Wildman–Crippen LogP) is 3.63. The smallest absolute Gasteiger partial charge is 0.404 e. The summed E-state index contributed by atoms with van der Waals surface area (Å²) >= 11 is 0. The lowest BCUT2D eigenvalue weighted by atomic mass is 10.1. The van der Waals surface area contributed by atoms with Crippen LogP contribution >= 0.6 is 0 Å². The van der Waals surface area contributed by atoms with Gasteiger partial charge in [-0.15, -0.1) is 0 Å². The Bertz CT molecular complexity index is 1090. The molecule has 3 aromatic rings. The van der Waals surface area contributed by atoms with Crippen LogP contribution in [0.4, 0.5) is 23.7 Å². The zero-order valence-corrected chi connectivity index (χ0v) is 15.0. The van der Waals surface area contributed by atoms with E-state index in [0.29, 0.717) is 22.5 Å². The lowest BCUT2D eigenvalue weighted by Gasteiger charge is -2.11. The van der Waals surface area contributed by atoms with E-state index in [2.05, 4.69) is 10.3 Å². The van der Waals surface area contributed by atoms with Gasteiger partial charge < -0.3 is 21.8 Å². The Balaban J connectivity index is 1.84. The summed E-state index contributed by atoms with van der Waals surface area (Å²) in [6.45, 7) is -1.41. The Morgan fingerprint density at radius 1 is 1.28 bits per heavy atom. The van der Waals surface area contributed by atoms with E-state index in [1.54, 1.807) is 54.1 Å². The zero-order chi connectivity index (χ0) is 21.0. The largest absolute Gasteiger partial charge is 0.405 e. The van der Waals surface area contributed by atoms with Crippen LogP contribution in [0.3, 0.4) is 0 Å². The summed E-state index contributed by atoms with van der Waals surface area (Å²) in [7, 11) is 0. The fourth-order valence-corrected chi connectivity index (χ4v) is 2.71. The summed E-state index contributed by atoms with van der Waals surface area (Å²) in [5, 5.41) is 11.5. The van der Waals surface area contributed by atoms with E-state index in [1.807, 2.05) is 4.40 Å². The van der Waals surface area contributed by atoms with Crippen LogP contribution in [-0.2, 0) is 0 Å². The van der Waals surface area contributed by atoms with Gasteiger partial charge in [0, 0.05) is 35.4 Å². The molecule has 2 heterocycles. The standard InChI is InChI=1S/C19H17F3N6O/c20-19(21,22)11-26-18(29)27-15-3-1-2-13(6-15)16-10-25-17-7-12(4-5-28(16)17)14(8-23)9-24/h1-10,23H,11,24H2,(H2,26,27,29)/b14-9+,23-8?. The van der Waals surface area contributed by atoms with Gasteiger partial charge in [0.2, 0.25) is 0 Å². The average molecular weight is 402 g/mol. The molecule has 0 unspecified atom stereocenters. The van der Waals surface area contributed by atoms with Gasteiger partial charge >= 0.3 is 12.2 Å². The summed E-state index contributed by atoms with van der Waals surface area (Å²) < 4.78 is 38.4. The first-order valence-corrected chi connectivity index (χ1v) is 8.42. The van der Waals surface area contributed by atoms with Crippen LogP contribution in [0.5, 0.6) is 0 Å². The Kier molecular flexibility index (Phi) is 5.53. The van der Waals surface area contributed by atoms with Crippen molar-refractivity contribution < 1.29 is 18.0 Å². The summed E-state index contributed by atoms with van der Waals surface area (Å²) in [5.41, 5.74) is 9.20. The summed E-state index contributed by atoms with van der Waals surface area (Å²) in [5.74, 6) is 0. The quantitative estimate of drug-likeness (QED) is 0.489. The maximum Gasteiger partial charge on any atom is 0.405 e. The van der Waals surface area contributed by atoms with E-state index < -0.39 is 18.8 Å². The predicted molar refractivity (Wildman–Crippen MR) is 105 cm³/mol. The molecule has 0 radical (unpaired) electrons. The molecule has 0 saturated carbocycles. The number of imidazole rings is 1. The fraction of sp³-hybridized carbons (Fsp3) is 0.105. The molecule has 2 aromatic heterocycles. The summed E-state index contributed by atoms with van der Waals surface area (Å²) in [6.07, 6.45) is 1.41. The van der Waals surface area contributed by atoms with Gasteiger partial charge in [0.25, 0.3) is 0 Å². The second-order valence-electron chi connectivity index (χ2n) is 6.06. The van der Waals surface area contributed by atoms with Gasteiger partial charge in [-0.25, -0.2) is 9.78 Å². The van der Waals surface area contributed by atoms with Crippen molar-refractivity contribution in [1.29, 1.82) is 5.41 Å². The zero-order valence-electron chi connectivity index (χ0n) is 15.0. The number of pyridine rings is 1. The fourth-order valence-electron chi connectivity index (χ4n) is 2.71. The van der Waals surface area contributed by atoms with Crippen LogP contribution < -0.4 is 16.4 Å². The van der Waals surface area contributed by atoms with Gasteiger partial charge in [0.05, 0.1) is 11.9 Å². The number of alkyl halides is 3. The number of carbonyl (C=O) groups is 1. The number of nitrogens with zero attached hydrogens (tertiary/aromatic N) is 2. The van der Waals surface area contributed by atoms with Crippen molar-refractivity contribution in [2.75, 3.05) is 11.9 Å². The summed E-state index contributed by atoms with van der Waals surface area (Å²) in [6, 6.07) is 9.28. The lowest BCUT2D eigenvalue weighted by molar-refractivity contribution is -0.122. The molecule has 0 aliphatic rings. The van der Waals surface area contributed by atoms with E-state index in [9.17, 15) is 18.0 Å². The number of aromatic nitrogens is 2. The number of amides is 2. The number of rotatable bonds is 5. The third-order valence-corrected chi connectivity index (χ3v) is 4.05. The molecule has 29 heavy (non-hydrogen) atoms. The van der Waals surface area contributed by atoms with Gasteiger partial charge in [-0.05, 0) is 29.8 Å². The van der Waals surface area contributed by atoms with Crippen molar-refractivity contribution in [2.24, 2.45) is 5.73 Å². The topological polar surface area (TPSA) is 108 Å². The molecule has 150 valence electrons. The number of hydrogen-bond donors (Lipinski definition) is 4. The van der Waals surface area contributed by atoms with Crippen LogP contribution in [0.2, 0.25) is 0 Å². The Morgan fingerprint density at radius 2 is 2.07 bits per heavy atom. The third-order valence-electron chi connectivity index (χ3n) is 4.05. The highest BCUT2D eigenvalue weighted by atomic mass is 19.4. The third kappa shape index (κ3) is 4.72. The number of allylic oxidation sites excluding steroid dienone is 1. The molecule has 0 spiro atoms. The van der Waals surface area contributed by atoms with Crippen molar-refractivity contribution in [3.05, 3.63) is 60.6 Å². The highest BCUT2D eigenvalue weighted by Gasteiger charge is 2.27. The van der Waals surface area contributed by atoms with Crippen LogP contribution in [0, 0.1) is 5.41 Å². The average Bonchev–Trinajstić information content (AvgIpc) is 3.10. The van der Waals surface area contributed by atoms with Crippen molar-refractivity contribution in [3.8, 4) is 11.3 Å². The highest BCUT2D eigenvalue weighted by molar-refractivity contribution is 6.08. The number of nitrogens with two attached hydrogens (primary N) is 1. The first kappa shape index (κ1) is 19.9. The molecule has 0 bridgehead atoms. The maximum absolute atomic E-state index is 12.2. The lowest BCUT2D eigenvalue weighted by Crippen LogP contribution is -2.36. The molecule has 0 aliphatic carbocycles. The van der Waals surface area contributed by atoms with Gasteiger partial charge in [-0.2, -0.15) is 13.2 Å². The van der Waals surface area contributed by atoms with Crippen molar-refractivity contribution >= 4 is 29.2 Å². The normalized spacial score (nSPS) is 12.0. The van der Waals surface area contributed by atoms with Crippen LogP contribution in [0.25, 0.3) is 22.5 Å². The second kappa shape index (κ2) is 8.05. The number of anilines is 1. The molecule has 1 aromatic carbocycles. The van der Waals surface area contributed by atoms with Gasteiger partial charge in [0.15, 0.2) is 0 Å². The minimum absolute atomic E-state index is 0.339. The molecule has 7 nitrogen and oxygen atoms in total. The number of carbonyl (C=O) groups excluding carboxylic acids is 1. The molecular weight excluding hydrogens is 385 g/mol. The van der Waals surface area contributed by atoms with E-state index in [4.69, 9.17) is 11.1 Å². The van der Waals surface area contributed by atoms with E-state index in [-0.39, 0.29) is 0 Å². The minimum atomic E-state index is -4.48. The summed E-state index contributed by atoms with van der Waals surface area (Å²) in [4.78, 5) is 16.0. The molecule has 0 fully saturated rings. The van der Waals surface area contributed by atoms with E-state index in [0.717, 1.165) is 17.5 Å². The monoisotopic (exact) mass is 402 g/mol. The highest BCUT2D eigenvalue weighted by Crippen LogP contribution is 2.25. The Labute approximate surface area is 163 Å². The van der Waals surface area contributed by atoms with Crippen LogP contribution in [0.15, 0.2) is 55.0 Å². The number of halogens is 3. The first-order valence-electron chi connectivity index (χ1n) is 8.42. The number of urea groups is 1. The maximum atomic E-state index is 12.2. The second-order valence-corrected chi connectivity index (χ2v) is 6.06. The van der Waals surface area contributed by atoms with Gasteiger partial charge in [-0.1, -0.05) is 12.1 Å². The molecular formula is C19H17F3N6O. The van der Waals surface area contributed by atoms with Crippen molar-refractivity contribution in [1.82, 2.24) is 14.7 Å². The van der Waals surface area contributed by atoms with Gasteiger partial charge in [0.1, 0.15) is 12.2 Å². The van der Waals surface area contributed by atoms with Crippen molar-refractivity contribution in [2.45, 2.75) is 6.18 Å². The molecule has 0 saturated heterocycles. The Morgan fingerprint density at radius 3 is 2.76 bits per heavy atom. The number of hydrogen-bond acceptors (Lipinski definition) is 4. The first-order chi connectivity index (χ1) is 13.8. The molecule has 10 heteroatoms. The van der Waals surface area contributed by atoms with E-state index in [1.165, 1.54) is 6.20 Å². The number of benzene rings is 1. The SMILES string of the molecule is N=C/C(=C\N)c1ccn2c(-c3cccc(NC(=O)NCC(F)(F)F)c3)cnc2c1. The van der Waals surface area contributed by atoms with Crippen molar-refractivity contribution in [3.63, 3.8) is 0 Å². The minimum Gasteiger partial charge on any atom is -0.404 e. The van der Waals surface area contributed by atoms with E-state index >= 15 is 0 Å². The molecule has 5 N–H and O–H groups in total. The molecule has 0 aliphatic heterocycles. The van der Waals surface area contributed by atoms with Crippen LogP contribution in [0.1, 0.15) is 5.56 Å². The number of nitrogens with one attached hydrogen (secondary N) is 3. The molecule has 2 amide bonds.